The molecule has 0 atom stereocenters. The van der Waals surface area contributed by atoms with Gasteiger partial charge < -0.3 is 16.4 Å². The highest BCUT2D eigenvalue weighted by Crippen LogP contribution is 2.28. The minimum atomic E-state index is -0.636. The third kappa shape index (κ3) is 4.85. The molecule has 1 aromatic carbocycles. The summed E-state index contributed by atoms with van der Waals surface area (Å²) in [6.07, 6.45) is 4.81. The van der Waals surface area contributed by atoms with E-state index >= 15 is 0 Å². The molecule has 1 saturated carbocycles. The van der Waals surface area contributed by atoms with E-state index in [4.69, 9.17) is 23.1 Å². The zero-order valence-electron chi connectivity index (χ0n) is 15.2. The molecule has 8 nitrogen and oxygen atoms in total. The van der Waals surface area contributed by atoms with Crippen molar-refractivity contribution in [3.63, 3.8) is 0 Å². The Morgan fingerprint density at radius 2 is 2.04 bits per heavy atom. The fourth-order valence-corrected chi connectivity index (χ4v) is 3.64. The summed E-state index contributed by atoms with van der Waals surface area (Å²) in [7, 11) is 0. The zero-order valence-corrected chi connectivity index (χ0v) is 16.0. The molecule has 1 heterocycles. The van der Waals surface area contributed by atoms with Crippen molar-refractivity contribution in [2.24, 2.45) is 11.7 Å². The Kier molecular flexibility index (Phi) is 6.25. The normalized spacial score (nSPS) is 19.4. The molecular formula is C18H22ClFN6O2. The molecule has 3 rings (SSSR count). The molecule has 1 fully saturated rings. The monoisotopic (exact) mass is 408 g/mol. The van der Waals surface area contributed by atoms with E-state index in [2.05, 4.69) is 9.97 Å². The average Bonchev–Trinajstić information content (AvgIpc) is 2.65. The molecule has 0 bridgehead atoms. The lowest BCUT2D eigenvalue weighted by Crippen LogP contribution is -2.35. The summed E-state index contributed by atoms with van der Waals surface area (Å²) in [5, 5.41) is 11.4. The Labute approximate surface area is 166 Å². The van der Waals surface area contributed by atoms with Crippen molar-refractivity contribution in [3.05, 3.63) is 50.9 Å². The summed E-state index contributed by atoms with van der Waals surface area (Å²) >= 11 is 6.01. The largest absolute Gasteiger partial charge is 0.378 e. The summed E-state index contributed by atoms with van der Waals surface area (Å²) in [5.74, 6) is -0.0633. The third-order valence-electron chi connectivity index (χ3n) is 5.00. The van der Waals surface area contributed by atoms with Crippen LogP contribution in [0.1, 0.15) is 31.2 Å². The van der Waals surface area contributed by atoms with Gasteiger partial charge in [-0.15, -0.1) is 0 Å². The Hall–Kier alpha value is -2.52. The minimum Gasteiger partial charge on any atom is -0.378 e. The predicted octanol–water partition coefficient (Wildman–Crippen LogP) is 3.28. The molecule has 4 N–H and O–H groups in total. The van der Waals surface area contributed by atoms with E-state index in [1.165, 1.54) is 12.1 Å². The van der Waals surface area contributed by atoms with E-state index in [0.717, 1.165) is 31.9 Å². The first-order valence-corrected chi connectivity index (χ1v) is 9.42. The first-order valence-electron chi connectivity index (χ1n) is 9.05. The number of nitro groups is 1. The Bertz CT molecular complexity index is 860. The number of hydrogen-bond donors (Lipinski definition) is 2. The average molecular weight is 409 g/mol. The maximum atomic E-state index is 14.3. The predicted molar refractivity (Wildman–Crippen MR) is 105 cm³/mol. The van der Waals surface area contributed by atoms with Crippen LogP contribution in [0.25, 0.3) is 0 Å². The minimum absolute atomic E-state index is 0.173. The van der Waals surface area contributed by atoms with E-state index in [9.17, 15) is 14.5 Å². The van der Waals surface area contributed by atoms with Gasteiger partial charge in [0.15, 0.2) is 0 Å². The lowest BCUT2D eigenvalue weighted by atomic mass is 9.86. The van der Waals surface area contributed by atoms with Crippen molar-refractivity contribution >= 4 is 29.1 Å². The first-order chi connectivity index (χ1) is 13.3. The van der Waals surface area contributed by atoms with Crippen LogP contribution in [0, 0.1) is 21.8 Å². The van der Waals surface area contributed by atoms with Crippen molar-refractivity contribution in [1.29, 1.82) is 0 Å². The van der Waals surface area contributed by atoms with Gasteiger partial charge in [0, 0.05) is 29.7 Å². The van der Waals surface area contributed by atoms with Crippen molar-refractivity contribution in [2.45, 2.75) is 38.3 Å². The van der Waals surface area contributed by atoms with Crippen LogP contribution in [-0.4, -0.2) is 27.5 Å². The molecule has 1 aliphatic rings. The molecule has 0 saturated heterocycles. The van der Waals surface area contributed by atoms with Crippen molar-refractivity contribution in [2.75, 3.05) is 17.2 Å². The summed E-state index contributed by atoms with van der Waals surface area (Å²) in [5.41, 5.74) is 11.7. The van der Waals surface area contributed by atoms with Crippen molar-refractivity contribution in [1.82, 2.24) is 9.97 Å². The number of nitrogens with two attached hydrogens (primary N) is 2. The van der Waals surface area contributed by atoms with E-state index in [1.54, 1.807) is 11.0 Å². The SMILES string of the molecule is Nc1nc(N(Cc2cc(Cl)ccc2F)C[C@H]2CC[C@H](N)CC2)ncc1[N+](=O)[O-]. The van der Waals surface area contributed by atoms with Gasteiger partial charge in [0.2, 0.25) is 11.8 Å². The van der Waals surface area contributed by atoms with Crippen molar-refractivity contribution in [3.8, 4) is 0 Å². The van der Waals surface area contributed by atoms with E-state index in [1.807, 2.05) is 0 Å². The summed E-state index contributed by atoms with van der Waals surface area (Å²) < 4.78 is 14.3. The molecule has 0 unspecified atom stereocenters. The fraction of sp³-hybridized carbons (Fsp3) is 0.444. The number of nitrogen functional groups attached to an aromatic ring is 1. The van der Waals surface area contributed by atoms with Gasteiger partial charge in [0.05, 0.1) is 4.92 Å². The van der Waals surface area contributed by atoms with Crippen LogP contribution in [0.3, 0.4) is 0 Å². The number of hydrogen-bond acceptors (Lipinski definition) is 7. The van der Waals surface area contributed by atoms with Crippen LogP contribution in [0.5, 0.6) is 0 Å². The first kappa shape index (κ1) is 20.2. The maximum absolute atomic E-state index is 14.3. The van der Waals surface area contributed by atoms with Gasteiger partial charge in [-0.1, -0.05) is 11.6 Å². The number of nitrogens with zero attached hydrogens (tertiary/aromatic N) is 4. The topological polar surface area (TPSA) is 124 Å². The molecule has 1 aromatic heterocycles. The van der Waals surface area contributed by atoms with Gasteiger partial charge in [-0.3, -0.25) is 10.1 Å². The lowest BCUT2D eigenvalue weighted by Gasteiger charge is -2.32. The van der Waals surface area contributed by atoms with Crippen molar-refractivity contribution < 1.29 is 9.31 Å². The Morgan fingerprint density at radius 1 is 1.32 bits per heavy atom. The van der Waals surface area contributed by atoms with Crippen LogP contribution in [0.15, 0.2) is 24.4 Å². The standard InChI is InChI=1S/C18H22ClFN6O2/c19-13-3-6-15(20)12(7-13)10-25(9-11-1-4-14(21)5-2-11)18-23-8-16(26(27)28)17(22)24-18/h3,6-8,11,14H,1-2,4-5,9-10,21H2,(H2,22,23,24)/t11-,14-. The molecule has 28 heavy (non-hydrogen) atoms. The van der Waals surface area contributed by atoms with Gasteiger partial charge in [0.1, 0.15) is 12.0 Å². The second kappa shape index (κ2) is 8.66. The van der Waals surface area contributed by atoms with E-state index in [-0.39, 0.29) is 30.0 Å². The number of aromatic nitrogens is 2. The van der Waals surface area contributed by atoms with E-state index in [0.29, 0.717) is 23.0 Å². The Balaban J connectivity index is 1.88. The van der Waals surface area contributed by atoms with E-state index < -0.39 is 10.7 Å². The number of rotatable bonds is 6. The molecular weight excluding hydrogens is 387 g/mol. The summed E-state index contributed by atoms with van der Waals surface area (Å²) in [4.78, 5) is 20.3. The fourth-order valence-electron chi connectivity index (χ4n) is 3.44. The summed E-state index contributed by atoms with van der Waals surface area (Å²) in [6, 6.07) is 4.55. The third-order valence-corrected chi connectivity index (χ3v) is 5.24. The van der Waals surface area contributed by atoms with Gasteiger partial charge in [0.25, 0.3) is 0 Å². The van der Waals surface area contributed by atoms with Crippen LogP contribution < -0.4 is 16.4 Å². The second-order valence-electron chi connectivity index (χ2n) is 7.09. The van der Waals surface area contributed by atoms with Crippen LogP contribution >= 0.6 is 11.6 Å². The zero-order chi connectivity index (χ0) is 20.3. The molecule has 10 heteroatoms. The molecule has 1 aliphatic carbocycles. The second-order valence-corrected chi connectivity index (χ2v) is 7.53. The number of anilines is 2. The quantitative estimate of drug-likeness (QED) is 0.555. The molecule has 0 aliphatic heterocycles. The van der Waals surface area contributed by atoms with Crippen LogP contribution in [-0.2, 0) is 6.54 Å². The van der Waals surface area contributed by atoms with Gasteiger partial charge in [-0.05, 0) is 49.8 Å². The number of halogens is 2. The molecule has 150 valence electrons. The molecule has 0 amide bonds. The van der Waals surface area contributed by atoms with Gasteiger partial charge >= 0.3 is 5.69 Å². The van der Waals surface area contributed by atoms with Gasteiger partial charge in [-0.2, -0.15) is 4.98 Å². The lowest BCUT2D eigenvalue weighted by molar-refractivity contribution is -0.384. The summed E-state index contributed by atoms with van der Waals surface area (Å²) in [6.45, 7) is 0.738. The smallest absolute Gasteiger partial charge is 0.329 e. The van der Waals surface area contributed by atoms with Crippen LogP contribution in [0.2, 0.25) is 5.02 Å². The highest BCUT2D eigenvalue weighted by atomic mass is 35.5. The maximum Gasteiger partial charge on any atom is 0.329 e. The number of benzene rings is 1. The van der Waals surface area contributed by atoms with Crippen LogP contribution in [0.4, 0.5) is 21.8 Å². The highest BCUT2D eigenvalue weighted by Gasteiger charge is 2.24. The highest BCUT2D eigenvalue weighted by molar-refractivity contribution is 6.30. The van der Waals surface area contributed by atoms with Gasteiger partial charge in [-0.25, -0.2) is 9.37 Å². The molecule has 2 aromatic rings. The molecule has 0 spiro atoms. The Morgan fingerprint density at radius 3 is 2.68 bits per heavy atom. The molecule has 0 radical (unpaired) electrons.